The molecule has 112 valence electrons. The number of aryl methyl sites for hydroxylation is 2. The Balaban J connectivity index is 1.82. The van der Waals surface area contributed by atoms with Crippen molar-refractivity contribution in [3.05, 3.63) is 45.2 Å². The van der Waals surface area contributed by atoms with Gasteiger partial charge in [0, 0.05) is 32.4 Å². The highest BCUT2D eigenvalue weighted by Gasteiger charge is 2.21. The Kier molecular flexibility index (Phi) is 4.04. The van der Waals surface area contributed by atoms with Crippen LogP contribution in [0.15, 0.2) is 22.7 Å². The van der Waals surface area contributed by atoms with Gasteiger partial charge in [0.1, 0.15) is 0 Å². The summed E-state index contributed by atoms with van der Waals surface area (Å²) in [6.45, 7) is 5.02. The van der Waals surface area contributed by atoms with Crippen molar-refractivity contribution in [1.29, 1.82) is 0 Å². The Labute approximate surface area is 134 Å². The van der Waals surface area contributed by atoms with Crippen LogP contribution in [0.5, 0.6) is 0 Å². The molecule has 0 amide bonds. The zero-order chi connectivity index (χ0) is 15.0. The predicted molar refractivity (Wildman–Crippen MR) is 89.0 cm³/mol. The van der Waals surface area contributed by atoms with Gasteiger partial charge < -0.3 is 5.73 Å². The third-order valence-electron chi connectivity index (χ3n) is 4.26. The van der Waals surface area contributed by atoms with Gasteiger partial charge in [0.05, 0.1) is 15.9 Å². The van der Waals surface area contributed by atoms with Crippen LogP contribution in [0, 0.1) is 0 Å². The van der Waals surface area contributed by atoms with Gasteiger partial charge in [0.15, 0.2) is 0 Å². The molecule has 0 saturated heterocycles. The molecular formula is C16H21BrN4. The number of nitrogens with zero attached hydrogens (tertiary/aromatic N) is 3. The van der Waals surface area contributed by atoms with E-state index >= 15 is 0 Å². The van der Waals surface area contributed by atoms with Gasteiger partial charge in [-0.25, -0.2) is 0 Å². The molecule has 21 heavy (non-hydrogen) atoms. The number of hydrogen-bond donors (Lipinski definition) is 1. The first-order valence-corrected chi connectivity index (χ1v) is 8.18. The third kappa shape index (κ3) is 2.72. The molecule has 0 spiro atoms. The average Bonchev–Trinajstić information content (AvgIpc) is 2.75. The maximum Gasteiger partial charge on any atom is 0.0767 e. The maximum atomic E-state index is 6.13. The Morgan fingerprint density at radius 2 is 2.19 bits per heavy atom. The normalized spacial score (nSPS) is 15.2. The average molecular weight is 349 g/mol. The van der Waals surface area contributed by atoms with Gasteiger partial charge in [-0.1, -0.05) is 19.1 Å². The SMILES string of the molecule is CCc1nn(C)c(CN2CCc3cccc(N)c3C2)c1Br. The second-order valence-electron chi connectivity index (χ2n) is 5.63. The third-order valence-corrected chi connectivity index (χ3v) is 5.18. The van der Waals surface area contributed by atoms with Gasteiger partial charge in [-0.3, -0.25) is 9.58 Å². The van der Waals surface area contributed by atoms with E-state index in [0.717, 1.165) is 48.3 Å². The largest absolute Gasteiger partial charge is 0.398 e. The second-order valence-corrected chi connectivity index (χ2v) is 6.42. The van der Waals surface area contributed by atoms with Gasteiger partial charge in [0.25, 0.3) is 0 Å². The van der Waals surface area contributed by atoms with E-state index in [-0.39, 0.29) is 0 Å². The molecule has 0 atom stereocenters. The first kappa shape index (κ1) is 14.6. The van der Waals surface area contributed by atoms with Crippen molar-refractivity contribution in [2.45, 2.75) is 32.9 Å². The zero-order valence-corrected chi connectivity index (χ0v) is 14.2. The number of fused-ring (bicyclic) bond motifs is 1. The fourth-order valence-corrected chi connectivity index (χ4v) is 3.74. The molecule has 0 fully saturated rings. The van der Waals surface area contributed by atoms with Gasteiger partial charge in [-0.05, 0) is 46.0 Å². The summed E-state index contributed by atoms with van der Waals surface area (Å²) in [5.74, 6) is 0. The summed E-state index contributed by atoms with van der Waals surface area (Å²) in [5, 5.41) is 4.57. The molecule has 0 unspecified atom stereocenters. The van der Waals surface area contributed by atoms with Crippen LogP contribution in [0.4, 0.5) is 5.69 Å². The predicted octanol–water partition coefficient (Wildman–Crippen LogP) is 2.89. The molecule has 3 rings (SSSR count). The van der Waals surface area contributed by atoms with E-state index in [1.165, 1.54) is 16.8 Å². The smallest absolute Gasteiger partial charge is 0.0767 e. The fraction of sp³-hybridized carbons (Fsp3) is 0.438. The van der Waals surface area contributed by atoms with E-state index in [9.17, 15) is 0 Å². The molecule has 1 aromatic carbocycles. The lowest BCUT2D eigenvalue weighted by atomic mass is 9.98. The molecule has 1 aliphatic heterocycles. The molecule has 0 bridgehead atoms. The van der Waals surface area contributed by atoms with Crippen LogP contribution in [0.3, 0.4) is 0 Å². The summed E-state index contributed by atoms with van der Waals surface area (Å²) in [6, 6.07) is 6.24. The molecule has 0 saturated carbocycles. The highest BCUT2D eigenvalue weighted by molar-refractivity contribution is 9.10. The Morgan fingerprint density at radius 1 is 1.38 bits per heavy atom. The van der Waals surface area contributed by atoms with E-state index in [0.29, 0.717) is 0 Å². The Bertz CT molecular complexity index is 663. The van der Waals surface area contributed by atoms with E-state index in [2.05, 4.69) is 45.0 Å². The van der Waals surface area contributed by atoms with Crippen molar-refractivity contribution < 1.29 is 0 Å². The minimum absolute atomic E-state index is 0.901. The van der Waals surface area contributed by atoms with Crippen molar-refractivity contribution in [3.8, 4) is 0 Å². The number of rotatable bonds is 3. The molecular weight excluding hydrogens is 328 g/mol. The van der Waals surface area contributed by atoms with E-state index < -0.39 is 0 Å². The van der Waals surface area contributed by atoms with Crippen LogP contribution in [0.25, 0.3) is 0 Å². The van der Waals surface area contributed by atoms with Crippen LogP contribution < -0.4 is 5.73 Å². The molecule has 0 aliphatic carbocycles. The monoisotopic (exact) mass is 348 g/mol. The van der Waals surface area contributed by atoms with E-state index in [4.69, 9.17) is 5.73 Å². The fourth-order valence-electron chi connectivity index (χ4n) is 3.00. The van der Waals surface area contributed by atoms with Crippen LogP contribution in [0.2, 0.25) is 0 Å². The van der Waals surface area contributed by atoms with Gasteiger partial charge in [-0.2, -0.15) is 5.10 Å². The summed E-state index contributed by atoms with van der Waals surface area (Å²) in [4.78, 5) is 2.44. The van der Waals surface area contributed by atoms with Crippen molar-refractivity contribution >= 4 is 21.6 Å². The summed E-state index contributed by atoms with van der Waals surface area (Å²) in [5.41, 5.74) is 12.1. The lowest BCUT2D eigenvalue weighted by Crippen LogP contribution is -2.31. The number of nitrogens with two attached hydrogens (primary N) is 1. The number of benzene rings is 1. The van der Waals surface area contributed by atoms with Crippen LogP contribution in [-0.2, 0) is 33.0 Å². The zero-order valence-electron chi connectivity index (χ0n) is 12.6. The number of anilines is 1. The summed E-state index contributed by atoms with van der Waals surface area (Å²) in [7, 11) is 2.02. The standard InChI is InChI=1S/C16H21BrN4/c1-3-14-16(17)15(20(2)19-14)10-21-8-7-11-5-4-6-13(18)12(11)9-21/h4-6H,3,7-10,18H2,1-2H3. The number of nitrogen functional groups attached to an aromatic ring is 1. The summed E-state index contributed by atoms with van der Waals surface area (Å²) < 4.78 is 3.14. The molecule has 4 nitrogen and oxygen atoms in total. The molecule has 0 radical (unpaired) electrons. The maximum absolute atomic E-state index is 6.13. The molecule has 1 aromatic heterocycles. The molecule has 2 heterocycles. The van der Waals surface area contributed by atoms with Crippen LogP contribution in [0.1, 0.15) is 29.4 Å². The van der Waals surface area contributed by atoms with E-state index in [1.807, 2.05) is 17.8 Å². The topological polar surface area (TPSA) is 47.1 Å². The summed E-state index contributed by atoms with van der Waals surface area (Å²) >= 11 is 3.70. The van der Waals surface area contributed by atoms with Crippen LogP contribution in [-0.4, -0.2) is 21.2 Å². The van der Waals surface area contributed by atoms with Crippen molar-refractivity contribution in [2.75, 3.05) is 12.3 Å². The minimum atomic E-state index is 0.901. The second kappa shape index (κ2) is 5.81. The van der Waals surface area contributed by atoms with Gasteiger partial charge in [0.2, 0.25) is 0 Å². The molecule has 5 heteroatoms. The molecule has 2 aromatic rings. The van der Waals surface area contributed by atoms with Crippen LogP contribution >= 0.6 is 15.9 Å². The highest BCUT2D eigenvalue weighted by atomic mass is 79.9. The van der Waals surface area contributed by atoms with Crippen molar-refractivity contribution in [2.24, 2.45) is 7.05 Å². The minimum Gasteiger partial charge on any atom is -0.398 e. The molecule has 1 aliphatic rings. The Morgan fingerprint density at radius 3 is 2.90 bits per heavy atom. The molecule has 2 N–H and O–H groups in total. The van der Waals surface area contributed by atoms with Crippen molar-refractivity contribution in [1.82, 2.24) is 14.7 Å². The quantitative estimate of drug-likeness (QED) is 0.867. The number of halogens is 1. The van der Waals surface area contributed by atoms with Gasteiger partial charge >= 0.3 is 0 Å². The lowest BCUT2D eigenvalue weighted by molar-refractivity contribution is 0.239. The highest BCUT2D eigenvalue weighted by Crippen LogP contribution is 2.28. The Hall–Kier alpha value is -1.33. The van der Waals surface area contributed by atoms with Crippen molar-refractivity contribution in [3.63, 3.8) is 0 Å². The number of aromatic nitrogens is 2. The lowest BCUT2D eigenvalue weighted by Gasteiger charge is -2.29. The van der Waals surface area contributed by atoms with Gasteiger partial charge in [-0.15, -0.1) is 0 Å². The first-order valence-electron chi connectivity index (χ1n) is 7.39. The first-order chi connectivity index (χ1) is 10.1. The summed E-state index contributed by atoms with van der Waals surface area (Å²) in [6.07, 6.45) is 2.01. The number of hydrogen-bond acceptors (Lipinski definition) is 3. The van der Waals surface area contributed by atoms with E-state index in [1.54, 1.807) is 0 Å².